The van der Waals surface area contributed by atoms with Crippen molar-refractivity contribution < 1.29 is 18.8 Å². The third-order valence-corrected chi connectivity index (χ3v) is 5.28. The van der Waals surface area contributed by atoms with Crippen molar-refractivity contribution in [2.75, 3.05) is 27.2 Å². The SMILES string of the molecule is CCCCN1C(=O)c2ccc(C(=O)NCC(c3cccc(F)c3)N(C)C)cc2C1=O. The maximum absolute atomic E-state index is 13.6. The van der Waals surface area contributed by atoms with Crippen LogP contribution in [0.2, 0.25) is 0 Å². The van der Waals surface area contributed by atoms with E-state index < -0.39 is 0 Å². The Balaban J connectivity index is 1.73. The summed E-state index contributed by atoms with van der Waals surface area (Å²) < 4.78 is 13.6. The normalized spacial score (nSPS) is 14.2. The summed E-state index contributed by atoms with van der Waals surface area (Å²) in [5.41, 5.74) is 1.65. The number of nitrogens with one attached hydrogen (secondary N) is 1. The number of fused-ring (bicyclic) bond motifs is 1. The summed E-state index contributed by atoms with van der Waals surface area (Å²) in [6.07, 6.45) is 1.62. The van der Waals surface area contributed by atoms with Crippen molar-refractivity contribution >= 4 is 17.7 Å². The number of unbranched alkanes of at least 4 members (excludes halogenated alkanes) is 1. The lowest BCUT2D eigenvalue weighted by Crippen LogP contribution is -2.34. The molecule has 1 heterocycles. The lowest BCUT2D eigenvalue weighted by atomic mass is 10.0. The van der Waals surface area contributed by atoms with Crippen molar-refractivity contribution in [2.24, 2.45) is 0 Å². The highest BCUT2D eigenvalue weighted by Crippen LogP contribution is 2.25. The van der Waals surface area contributed by atoms with Gasteiger partial charge in [-0.15, -0.1) is 0 Å². The van der Waals surface area contributed by atoms with Crippen LogP contribution in [-0.4, -0.2) is 54.7 Å². The number of carbonyl (C=O) groups excluding carboxylic acids is 3. The van der Waals surface area contributed by atoms with Gasteiger partial charge in [-0.1, -0.05) is 25.5 Å². The first-order chi connectivity index (χ1) is 14.3. The number of carbonyl (C=O) groups is 3. The van der Waals surface area contributed by atoms with Crippen LogP contribution in [0.15, 0.2) is 42.5 Å². The molecule has 0 spiro atoms. The second kappa shape index (κ2) is 9.17. The molecule has 1 aliphatic rings. The van der Waals surface area contributed by atoms with Gasteiger partial charge in [0, 0.05) is 18.7 Å². The zero-order valence-electron chi connectivity index (χ0n) is 17.4. The Hall–Kier alpha value is -3.06. The molecule has 158 valence electrons. The van der Waals surface area contributed by atoms with E-state index >= 15 is 0 Å². The fraction of sp³-hybridized carbons (Fsp3) is 0.348. The smallest absolute Gasteiger partial charge is 0.261 e. The van der Waals surface area contributed by atoms with Crippen molar-refractivity contribution in [3.8, 4) is 0 Å². The number of hydrogen-bond donors (Lipinski definition) is 1. The van der Waals surface area contributed by atoms with Gasteiger partial charge in [0.15, 0.2) is 0 Å². The average molecular weight is 411 g/mol. The predicted octanol–water partition coefficient (Wildman–Crippen LogP) is 3.25. The fourth-order valence-electron chi connectivity index (χ4n) is 3.56. The maximum atomic E-state index is 13.6. The minimum atomic E-state index is -0.357. The van der Waals surface area contributed by atoms with Crippen molar-refractivity contribution in [1.82, 2.24) is 15.1 Å². The summed E-state index contributed by atoms with van der Waals surface area (Å²) in [6, 6.07) is 10.6. The van der Waals surface area contributed by atoms with Crippen LogP contribution in [0.1, 0.15) is 62.4 Å². The van der Waals surface area contributed by atoms with Gasteiger partial charge in [0.2, 0.25) is 0 Å². The van der Waals surface area contributed by atoms with Crippen molar-refractivity contribution in [2.45, 2.75) is 25.8 Å². The molecule has 0 radical (unpaired) electrons. The Morgan fingerprint density at radius 2 is 1.83 bits per heavy atom. The van der Waals surface area contributed by atoms with E-state index in [9.17, 15) is 18.8 Å². The van der Waals surface area contributed by atoms with Crippen LogP contribution in [0.5, 0.6) is 0 Å². The van der Waals surface area contributed by atoms with E-state index in [1.165, 1.54) is 29.2 Å². The minimum absolute atomic E-state index is 0.216. The molecule has 30 heavy (non-hydrogen) atoms. The molecule has 0 bridgehead atoms. The molecule has 1 aliphatic heterocycles. The van der Waals surface area contributed by atoms with E-state index in [1.807, 2.05) is 32.0 Å². The number of nitrogens with zero attached hydrogens (tertiary/aromatic N) is 2. The Morgan fingerprint density at radius 3 is 2.50 bits per heavy atom. The monoisotopic (exact) mass is 411 g/mol. The summed E-state index contributed by atoms with van der Waals surface area (Å²) >= 11 is 0. The van der Waals surface area contributed by atoms with E-state index in [0.29, 0.717) is 17.7 Å². The second-order valence-electron chi connectivity index (χ2n) is 7.62. The molecule has 0 saturated heterocycles. The predicted molar refractivity (Wildman–Crippen MR) is 112 cm³/mol. The van der Waals surface area contributed by atoms with Crippen molar-refractivity contribution in [3.05, 3.63) is 70.5 Å². The Labute approximate surface area is 175 Å². The lowest BCUT2D eigenvalue weighted by Gasteiger charge is -2.25. The summed E-state index contributed by atoms with van der Waals surface area (Å²) in [5.74, 6) is -1.35. The van der Waals surface area contributed by atoms with Gasteiger partial charge in [-0.2, -0.15) is 0 Å². The standard InChI is InChI=1S/C23H26FN3O3/c1-4-5-11-27-22(29)18-10-9-16(13-19(18)23(27)30)21(28)25-14-20(26(2)3)15-7-6-8-17(24)12-15/h6-10,12-13,20H,4-5,11,14H2,1-3H3,(H,25,28). The summed E-state index contributed by atoms with van der Waals surface area (Å²) in [7, 11) is 3.71. The molecule has 0 fully saturated rings. The Morgan fingerprint density at radius 1 is 1.10 bits per heavy atom. The number of benzene rings is 2. The summed E-state index contributed by atoms with van der Waals surface area (Å²) in [4.78, 5) is 40.9. The molecular formula is C23H26FN3O3. The van der Waals surface area contributed by atoms with E-state index in [4.69, 9.17) is 0 Å². The quantitative estimate of drug-likeness (QED) is 0.677. The molecule has 6 nitrogen and oxygen atoms in total. The Kier molecular flexibility index (Phi) is 6.62. The number of rotatable bonds is 8. The molecule has 0 aliphatic carbocycles. The minimum Gasteiger partial charge on any atom is -0.350 e. The molecule has 0 aromatic heterocycles. The van der Waals surface area contributed by atoms with E-state index in [1.54, 1.807) is 12.1 Å². The zero-order chi connectivity index (χ0) is 21.8. The highest BCUT2D eigenvalue weighted by molar-refractivity contribution is 6.22. The highest BCUT2D eigenvalue weighted by Gasteiger charge is 2.35. The zero-order valence-corrected chi connectivity index (χ0v) is 17.4. The van der Waals surface area contributed by atoms with E-state index in [-0.39, 0.29) is 41.7 Å². The van der Waals surface area contributed by atoms with Crippen LogP contribution in [0.4, 0.5) is 4.39 Å². The van der Waals surface area contributed by atoms with Crippen molar-refractivity contribution in [3.63, 3.8) is 0 Å². The number of imide groups is 1. The first-order valence-corrected chi connectivity index (χ1v) is 10.0. The van der Waals surface area contributed by atoms with Gasteiger partial charge in [-0.25, -0.2) is 4.39 Å². The van der Waals surface area contributed by atoms with E-state index in [0.717, 1.165) is 18.4 Å². The number of amides is 3. The first kappa shape index (κ1) is 21.6. The van der Waals surface area contributed by atoms with E-state index in [2.05, 4.69) is 5.32 Å². The second-order valence-corrected chi connectivity index (χ2v) is 7.62. The molecule has 1 atom stereocenters. The number of likely N-dealkylation sites (N-methyl/N-ethyl adjacent to an activating group) is 1. The van der Waals surface area contributed by atoms with Crippen LogP contribution < -0.4 is 5.32 Å². The van der Waals surface area contributed by atoms with Crippen LogP contribution in [0.25, 0.3) is 0 Å². The average Bonchev–Trinajstić information content (AvgIpc) is 2.96. The molecule has 3 rings (SSSR count). The first-order valence-electron chi connectivity index (χ1n) is 10.0. The van der Waals surface area contributed by atoms with Gasteiger partial charge in [0.1, 0.15) is 5.82 Å². The van der Waals surface area contributed by atoms with Gasteiger partial charge in [-0.05, 0) is 56.4 Å². The van der Waals surface area contributed by atoms with Crippen LogP contribution >= 0.6 is 0 Å². The molecule has 1 N–H and O–H groups in total. The third kappa shape index (κ3) is 4.41. The van der Waals surface area contributed by atoms with Crippen LogP contribution in [0.3, 0.4) is 0 Å². The van der Waals surface area contributed by atoms with Gasteiger partial charge in [0.25, 0.3) is 17.7 Å². The van der Waals surface area contributed by atoms with Crippen LogP contribution in [-0.2, 0) is 0 Å². The van der Waals surface area contributed by atoms with Crippen molar-refractivity contribution in [1.29, 1.82) is 0 Å². The molecule has 1 unspecified atom stereocenters. The summed E-state index contributed by atoms with van der Waals surface area (Å²) in [5, 5.41) is 2.85. The van der Waals surface area contributed by atoms with Crippen LogP contribution in [0, 0.1) is 5.82 Å². The molecule has 2 aromatic carbocycles. The molecule has 0 saturated carbocycles. The lowest BCUT2D eigenvalue weighted by molar-refractivity contribution is 0.0652. The topological polar surface area (TPSA) is 69.7 Å². The fourth-order valence-corrected chi connectivity index (χ4v) is 3.56. The molecule has 2 aromatic rings. The van der Waals surface area contributed by atoms with Gasteiger partial charge in [-0.3, -0.25) is 19.3 Å². The Bertz CT molecular complexity index is 974. The molecular weight excluding hydrogens is 385 g/mol. The van der Waals surface area contributed by atoms with Gasteiger partial charge in [0.05, 0.1) is 17.2 Å². The maximum Gasteiger partial charge on any atom is 0.261 e. The number of halogens is 1. The molecule has 3 amide bonds. The number of hydrogen-bond acceptors (Lipinski definition) is 4. The third-order valence-electron chi connectivity index (χ3n) is 5.28. The van der Waals surface area contributed by atoms with Gasteiger partial charge >= 0.3 is 0 Å². The highest BCUT2D eigenvalue weighted by atomic mass is 19.1. The van der Waals surface area contributed by atoms with Gasteiger partial charge < -0.3 is 10.2 Å². The summed E-state index contributed by atoms with van der Waals surface area (Å²) in [6.45, 7) is 2.63. The molecule has 7 heteroatoms. The largest absolute Gasteiger partial charge is 0.350 e.